The van der Waals surface area contributed by atoms with Crippen LogP contribution in [0, 0.1) is 0 Å². The first-order valence-electron chi connectivity index (χ1n) is 7.66. The van der Waals surface area contributed by atoms with Crippen LogP contribution in [0.15, 0.2) is 53.4 Å². The Morgan fingerprint density at radius 1 is 1.08 bits per heavy atom. The van der Waals surface area contributed by atoms with Gasteiger partial charge >= 0.3 is 10.2 Å². The third kappa shape index (κ3) is 3.36. The van der Waals surface area contributed by atoms with Gasteiger partial charge in [0, 0.05) is 16.0 Å². The van der Waals surface area contributed by atoms with Gasteiger partial charge in [-0.3, -0.25) is 4.79 Å². The van der Waals surface area contributed by atoms with Crippen molar-refractivity contribution in [3.63, 3.8) is 0 Å². The van der Waals surface area contributed by atoms with Crippen LogP contribution in [0.5, 0.6) is 0 Å². The van der Waals surface area contributed by atoms with E-state index in [1.54, 1.807) is 50.2 Å². The summed E-state index contributed by atoms with van der Waals surface area (Å²) in [6.45, 7) is 3.38. The molecule has 2 aromatic rings. The van der Waals surface area contributed by atoms with Gasteiger partial charge < -0.3 is 0 Å². The summed E-state index contributed by atoms with van der Waals surface area (Å²) in [6, 6.07) is 13.5. The van der Waals surface area contributed by atoms with Crippen molar-refractivity contribution in [2.45, 2.75) is 24.8 Å². The molecule has 0 radical (unpaired) electrons. The van der Waals surface area contributed by atoms with Crippen LogP contribution >= 0.6 is 23.4 Å². The zero-order valence-corrected chi connectivity index (χ0v) is 16.1. The van der Waals surface area contributed by atoms with Crippen molar-refractivity contribution in [1.82, 2.24) is 4.31 Å². The van der Waals surface area contributed by atoms with Crippen LogP contribution < -0.4 is 4.31 Å². The van der Waals surface area contributed by atoms with Crippen molar-refractivity contribution in [2.75, 3.05) is 10.2 Å². The fourth-order valence-corrected chi connectivity index (χ4v) is 5.64. The standard InChI is InChI=1S/C17H17ClN2O3S2/c1-12(2)20-17(21)15-5-3-4-6-16(15)19(25(20,22)23)11-24-14-9-7-13(18)8-10-14/h3-10,12H,11H2,1-2H3. The smallest absolute Gasteiger partial charge is 0.268 e. The van der Waals surface area contributed by atoms with E-state index in [0.29, 0.717) is 16.3 Å². The molecule has 0 aromatic heterocycles. The van der Waals surface area contributed by atoms with E-state index in [9.17, 15) is 13.2 Å². The summed E-state index contributed by atoms with van der Waals surface area (Å²) >= 11 is 7.25. The largest absolute Gasteiger partial charge is 0.329 e. The molecule has 0 fully saturated rings. The molecule has 3 rings (SSSR count). The molecule has 0 saturated heterocycles. The molecule has 0 spiro atoms. The van der Waals surface area contributed by atoms with Crippen molar-refractivity contribution >= 4 is 45.2 Å². The molecule has 0 unspecified atom stereocenters. The predicted octanol–water partition coefficient (Wildman–Crippen LogP) is 4.01. The molecular weight excluding hydrogens is 380 g/mol. The molecule has 2 aromatic carbocycles. The highest BCUT2D eigenvalue weighted by molar-refractivity contribution is 8.01. The first-order chi connectivity index (χ1) is 11.8. The van der Waals surface area contributed by atoms with Crippen LogP contribution in [0.2, 0.25) is 5.02 Å². The van der Waals surface area contributed by atoms with Gasteiger partial charge in [-0.1, -0.05) is 23.7 Å². The average molecular weight is 397 g/mol. The number of halogens is 1. The van der Waals surface area contributed by atoms with E-state index in [1.165, 1.54) is 16.1 Å². The monoisotopic (exact) mass is 396 g/mol. The van der Waals surface area contributed by atoms with Crippen molar-refractivity contribution in [1.29, 1.82) is 0 Å². The van der Waals surface area contributed by atoms with E-state index in [0.717, 1.165) is 9.20 Å². The van der Waals surface area contributed by atoms with E-state index in [-0.39, 0.29) is 5.88 Å². The SMILES string of the molecule is CC(C)N1C(=O)c2ccccc2N(CSc2ccc(Cl)cc2)S1(=O)=O. The number of fused-ring (bicyclic) bond motifs is 1. The van der Waals surface area contributed by atoms with Crippen LogP contribution in [0.1, 0.15) is 24.2 Å². The molecule has 1 aliphatic rings. The van der Waals surface area contributed by atoms with E-state index < -0.39 is 22.2 Å². The maximum atomic E-state index is 13.0. The molecule has 132 valence electrons. The Bertz CT molecular complexity index is 898. The summed E-state index contributed by atoms with van der Waals surface area (Å²) in [7, 11) is -3.93. The Labute approximate surface area is 156 Å². The molecule has 0 bridgehead atoms. The van der Waals surface area contributed by atoms with Gasteiger partial charge in [-0.15, -0.1) is 11.8 Å². The zero-order chi connectivity index (χ0) is 18.2. The van der Waals surface area contributed by atoms with E-state index in [1.807, 2.05) is 12.1 Å². The first kappa shape index (κ1) is 18.1. The molecule has 1 amide bonds. The number of nitrogens with zero attached hydrogens (tertiary/aromatic N) is 2. The summed E-state index contributed by atoms with van der Waals surface area (Å²) in [4.78, 5) is 13.5. The summed E-state index contributed by atoms with van der Waals surface area (Å²) in [5.41, 5.74) is 0.800. The van der Waals surface area contributed by atoms with Gasteiger partial charge in [-0.2, -0.15) is 8.42 Å². The Kier molecular flexibility index (Phi) is 4.99. The van der Waals surface area contributed by atoms with Crippen LogP contribution in [-0.2, 0) is 10.2 Å². The fourth-order valence-electron chi connectivity index (χ4n) is 2.63. The minimum absolute atomic E-state index is 0.164. The maximum absolute atomic E-state index is 13.0. The number of carbonyl (C=O) groups excluding carboxylic acids is 1. The van der Waals surface area contributed by atoms with Crippen molar-refractivity contribution in [2.24, 2.45) is 0 Å². The lowest BCUT2D eigenvalue weighted by Gasteiger charge is -2.38. The Hall–Kier alpha value is -1.70. The van der Waals surface area contributed by atoms with E-state index in [2.05, 4.69) is 0 Å². The van der Waals surface area contributed by atoms with Gasteiger partial charge in [0.2, 0.25) is 0 Å². The van der Waals surface area contributed by atoms with Gasteiger partial charge in [-0.05, 0) is 50.2 Å². The number of anilines is 1. The lowest BCUT2D eigenvalue weighted by molar-refractivity contribution is 0.0831. The van der Waals surface area contributed by atoms with Gasteiger partial charge in [0.25, 0.3) is 5.91 Å². The number of thioether (sulfide) groups is 1. The molecule has 1 heterocycles. The highest BCUT2D eigenvalue weighted by Gasteiger charge is 2.42. The Morgan fingerprint density at radius 2 is 1.72 bits per heavy atom. The molecule has 0 saturated carbocycles. The second-order valence-corrected chi connectivity index (χ2v) is 8.98. The van der Waals surface area contributed by atoms with Crippen molar-refractivity contribution < 1.29 is 13.2 Å². The topological polar surface area (TPSA) is 57.7 Å². The Balaban J connectivity index is 1.99. The minimum Gasteiger partial charge on any atom is -0.268 e. The highest BCUT2D eigenvalue weighted by Crippen LogP contribution is 2.35. The highest BCUT2D eigenvalue weighted by atomic mass is 35.5. The number of rotatable bonds is 4. The number of para-hydroxylation sites is 1. The normalized spacial score (nSPS) is 16.2. The zero-order valence-electron chi connectivity index (χ0n) is 13.7. The predicted molar refractivity (Wildman–Crippen MR) is 101 cm³/mol. The third-order valence-electron chi connectivity index (χ3n) is 3.76. The second kappa shape index (κ2) is 6.90. The minimum atomic E-state index is -3.93. The van der Waals surface area contributed by atoms with Crippen LogP contribution in [0.4, 0.5) is 5.69 Å². The molecule has 1 aliphatic heterocycles. The molecule has 0 N–H and O–H groups in total. The van der Waals surface area contributed by atoms with Crippen LogP contribution in [0.3, 0.4) is 0 Å². The lowest BCUT2D eigenvalue weighted by Crippen LogP contribution is -2.53. The number of hydrogen-bond acceptors (Lipinski definition) is 4. The number of carbonyl (C=O) groups is 1. The van der Waals surface area contributed by atoms with Crippen LogP contribution in [0.25, 0.3) is 0 Å². The average Bonchev–Trinajstić information content (AvgIpc) is 2.55. The molecule has 25 heavy (non-hydrogen) atoms. The fraction of sp³-hybridized carbons (Fsp3) is 0.235. The van der Waals surface area contributed by atoms with E-state index in [4.69, 9.17) is 11.6 Å². The van der Waals surface area contributed by atoms with E-state index >= 15 is 0 Å². The lowest BCUT2D eigenvalue weighted by atomic mass is 10.1. The molecule has 0 atom stereocenters. The number of hydrogen-bond donors (Lipinski definition) is 0. The second-order valence-electron chi connectivity index (χ2n) is 5.80. The van der Waals surface area contributed by atoms with Crippen molar-refractivity contribution in [3.05, 3.63) is 59.1 Å². The third-order valence-corrected chi connectivity index (χ3v) is 7.14. The van der Waals surface area contributed by atoms with Gasteiger partial charge in [-0.25, -0.2) is 8.61 Å². The number of amides is 1. The van der Waals surface area contributed by atoms with Gasteiger partial charge in [0.1, 0.15) is 0 Å². The van der Waals surface area contributed by atoms with Crippen LogP contribution in [-0.4, -0.2) is 30.5 Å². The summed E-state index contributed by atoms with van der Waals surface area (Å²) in [5.74, 6) is -0.323. The number of benzene rings is 2. The first-order valence-corrected chi connectivity index (χ1v) is 10.4. The molecule has 0 aliphatic carbocycles. The quantitative estimate of drug-likeness (QED) is 0.733. The van der Waals surface area contributed by atoms with Gasteiger partial charge in [0.15, 0.2) is 0 Å². The summed E-state index contributed by atoms with van der Waals surface area (Å²) < 4.78 is 28.2. The summed E-state index contributed by atoms with van der Waals surface area (Å²) in [5, 5.41) is 0.622. The molecule has 5 nitrogen and oxygen atoms in total. The molecular formula is C17H17ClN2O3S2. The van der Waals surface area contributed by atoms with Crippen molar-refractivity contribution in [3.8, 4) is 0 Å². The summed E-state index contributed by atoms with van der Waals surface area (Å²) in [6.07, 6.45) is 0. The Morgan fingerprint density at radius 3 is 2.36 bits per heavy atom. The maximum Gasteiger partial charge on any atom is 0.329 e. The van der Waals surface area contributed by atoms with Gasteiger partial charge in [0.05, 0.1) is 17.1 Å². The molecule has 8 heteroatoms.